The Bertz CT molecular complexity index is 558. The van der Waals surface area contributed by atoms with Crippen molar-refractivity contribution in [2.24, 2.45) is 5.73 Å². The molecule has 21 heavy (non-hydrogen) atoms. The number of hydrogen-bond acceptors (Lipinski definition) is 4. The first-order valence-corrected chi connectivity index (χ1v) is 7.74. The minimum atomic E-state index is -0.625. The van der Waals surface area contributed by atoms with E-state index in [1.165, 1.54) is 0 Å². The molecule has 1 fully saturated rings. The predicted octanol–water partition coefficient (Wildman–Crippen LogP) is 2.30. The lowest BCUT2D eigenvalue weighted by Gasteiger charge is -2.27. The Morgan fingerprint density at radius 1 is 1.52 bits per heavy atom. The molecule has 2 unspecified atom stereocenters. The van der Waals surface area contributed by atoms with Gasteiger partial charge in [-0.15, -0.1) is 0 Å². The largest absolute Gasteiger partial charge is 0.376 e. The third kappa shape index (κ3) is 2.73. The van der Waals surface area contributed by atoms with E-state index in [4.69, 9.17) is 22.1 Å². The van der Waals surface area contributed by atoms with E-state index < -0.39 is 6.04 Å². The van der Waals surface area contributed by atoms with Crippen molar-refractivity contribution in [3.05, 3.63) is 22.7 Å². The van der Waals surface area contributed by atoms with Crippen LogP contribution in [0.3, 0.4) is 0 Å². The van der Waals surface area contributed by atoms with E-state index in [9.17, 15) is 4.79 Å². The number of benzene rings is 1. The topological polar surface area (TPSA) is 67.6 Å². The highest BCUT2D eigenvalue weighted by Gasteiger charge is 2.29. The van der Waals surface area contributed by atoms with Gasteiger partial charge in [-0.3, -0.25) is 4.79 Å². The van der Waals surface area contributed by atoms with Crippen molar-refractivity contribution in [2.45, 2.75) is 31.9 Å². The fourth-order valence-corrected chi connectivity index (χ4v) is 3.26. The molecule has 5 nitrogen and oxygen atoms in total. The third-order valence-corrected chi connectivity index (χ3v) is 4.47. The van der Waals surface area contributed by atoms with E-state index >= 15 is 0 Å². The fraction of sp³-hybridized carbons (Fsp3) is 0.533. The van der Waals surface area contributed by atoms with Gasteiger partial charge in [0.1, 0.15) is 6.04 Å². The van der Waals surface area contributed by atoms with Crippen molar-refractivity contribution in [1.29, 1.82) is 0 Å². The second kappa shape index (κ2) is 5.83. The van der Waals surface area contributed by atoms with E-state index in [1.54, 1.807) is 6.07 Å². The van der Waals surface area contributed by atoms with Crippen LogP contribution in [0.5, 0.6) is 0 Å². The molecular weight excluding hydrogens is 290 g/mol. The maximum absolute atomic E-state index is 11.7. The molecule has 114 valence electrons. The zero-order valence-corrected chi connectivity index (χ0v) is 12.8. The summed E-state index contributed by atoms with van der Waals surface area (Å²) in [5.74, 6) is -0.180. The normalized spacial score (nSPS) is 24.0. The second-order valence-corrected chi connectivity index (χ2v) is 5.94. The maximum Gasteiger partial charge on any atom is 0.245 e. The van der Waals surface area contributed by atoms with Crippen molar-refractivity contribution >= 4 is 28.9 Å². The number of anilines is 2. The number of carbonyl (C=O) groups excluding carboxylic acids is 1. The number of nitrogens with zero attached hydrogens (tertiary/aromatic N) is 1. The summed E-state index contributed by atoms with van der Waals surface area (Å²) in [7, 11) is 0. The van der Waals surface area contributed by atoms with Gasteiger partial charge in [-0.2, -0.15) is 0 Å². The molecule has 0 saturated carbocycles. The average molecular weight is 310 g/mol. The minimum absolute atomic E-state index is 0.180. The Morgan fingerprint density at radius 3 is 3.00 bits per heavy atom. The van der Waals surface area contributed by atoms with Crippen LogP contribution < -0.4 is 16.0 Å². The molecule has 0 bridgehead atoms. The van der Waals surface area contributed by atoms with Gasteiger partial charge in [-0.1, -0.05) is 11.6 Å². The highest BCUT2D eigenvalue weighted by atomic mass is 35.5. The fourth-order valence-electron chi connectivity index (χ4n) is 2.97. The lowest BCUT2D eigenvalue weighted by atomic mass is 10.1. The van der Waals surface area contributed by atoms with Crippen LogP contribution in [0.4, 0.5) is 11.4 Å². The minimum Gasteiger partial charge on any atom is -0.376 e. The van der Waals surface area contributed by atoms with E-state index in [1.807, 2.05) is 6.07 Å². The predicted molar refractivity (Wildman–Crippen MR) is 83.9 cm³/mol. The number of fused-ring (bicyclic) bond motifs is 1. The number of hydrogen-bond donors (Lipinski definition) is 2. The Labute approximate surface area is 129 Å². The summed E-state index contributed by atoms with van der Waals surface area (Å²) >= 11 is 6.40. The lowest BCUT2D eigenvalue weighted by Crippen LogP contribution is -2.32. The van der Waals surface area contributed by atoms with Gasteiger partial charge in [-0.25, -0.2) is 0 Å². The van der Waals surface area contributed by atoms with Crippen molar-refractivity contribution in [1.82, 2.24) is 0 Å². The molecule has 2 aliphatic rings. The molecule has 0 aliphatic carbocycles. The molecule has 3 N–H and O–H groups in total. The van der Waals surface area contributed by atoms with Crippen LogP contribution in [0.15, 0.2) is 12.1 Å². The zero-order chi connectivity index (χ0) is 15.0. The Kier molecular flexibility index (Phi) is 4.06. The highest BCUT2D eigenvalue weighted by Crippen LogP contribution is 2.38. The van der Waals surface area contributed by atoms with Crippen LogP contribution in [0, 0.1) is 0 Å². The summed E-state index contributed by atoms with van der Waals surface area (Å²) in [5.41, 5.74) is 8.29. The van der Waals surface area contributed by atoms with E-state index in [-0.39, 0.29) is 12.0 Å². The van der Waals surface area contributed by atoms with Gasteiger partial charge in [0.15, 0.2) is 0 Å². The maximum atomic E-state index is 11.7. The van der Waals surface area contributed by atoms with E-state index in [2.05, 4.69) is 17.1 Å². The van der Waals surface area contributed by atoms with Gasteiger partial charge < -0.3 is 20.7 Å². The first-order valence-electron chi connectivity index (χ1n) is 7.36. The summed E-state index contributed by atoms with van der Waals surface area (Å²) < 4.78 is 5.70. The van der Waals surface area contributed by atoms with Crippen LogP contribution in [0.2, 0.25) is 5.02 Å². The Morgan fingerprint density at radius 2 is 2.33 bits per heavy atom. The standard InChI is InChI=1S/C15H20ClN3O2/c1-2-19(8-9-4-3-5-21-9)13-7-12-10(6-11(13)16)14(17)15(20)18-12/h6-7,9,14H,2-5,8,17H2,1H3,(H,18,20). The molecule has 2 aliphatic heterocycles. The van der Waals surface area contributed by atoms with Crippen LogP contribution in [0.1, 0.15) is 31.4 Å². The first kappa shape index (κ1) is 14.6. The van der Waals surface area contributed by atoms with Crippen molar-refractivity contribution in [3.8, 4) is 0 Å². The summed E-state index contributed by atoms with van der Waals surface area (Å²) in [6.45, 7) is 4.57. The highest BCUT2D eigenvalue weighted by molar-refractivity contribution is 6.33. The first-order chi connectivity index (χ1) is 10.1. The van der Waals surface area contributed by atoms with Crippen molar-refractivity contribution in [2.75, 3.05) is 29.9 Å². The summed E-state index contributed by atoms with van der Waals surface area (Å²) in [6, 6.07) is 3.09. The number of nitrogens with one attached hydrogen (secondary N) is 1. The van der Waals surface area contributed by atoms with Gasteiger partial charge in [0.05, 0.1) is 16.8 Å². The molecule has 6 heteroatoms. The molecule has 1 amide bonds. The van der Waals surface area contributed by atoms with Gasteiger partial charge in [0.2, 0.25) is 5.91 Å². The number of likely N-dealkylation sites (N-methyl/N-ethyl adjacent to an activating group) is 1. The number of nitrogens with two attached hydrogens (primary N) is 1. The Hall–Kier alpha value is -1.30. The molecular formula is C15H20ClN3O2. The number of amides is 1. The summed E-state index contributed by atoms with van der Waals surface area (Å²) in [6.07, 6.45) is 2.46. The van der Waals surface area contributed by atoms with E-state index in [0.717, 1.165) is 49.5 Å². The number of halogens is 1. The van der Waals surface area contributed by atoms with Crippen LogP contribution in [-0.4, -0.2) is 31.7 Å². The second-order valence-electron chi connectivity index (χ2n) is 5.53. The van der Waals surface area contributed by atoms with Gasteiger partial charge in [0, 0.05) is 30.9 Å². The number of ether oxygens (including phenoxy) is 1. The van der Waals surface area contributed by atoms with Gasteiger partial charge in [0.25, 0.3) is 0 Å². The monoisotopic (exact) mass is 309 g/mol. The van der Waals surface area contributed by atoms with Crippen molar-refractivity contribution < 1.29 is 9.53 Å². The SMILES string of the molecule is CCN(CC1CCCO1)c1cc2c(cc1Cl)C(N)C(=O)N2. The molecule has 2 atom stereocenters. The van der Waals surface area contributed by atoms with Crippen LogP contribution in [0.25, 0.3) is 0 Å². The molecule has 0 spiro atoms. The van der Waals surface area contributed by atoms with Gasteiger partial charge in [-0.05, 0) is 31.9 Å². The average Bonchev–Trinajstić information content (AvgIpc) is 3.06. The summed E-state index contributed by atoms with van der Waals surface area (Å²) in [4.78, 5) is 13.8. The van der Waals surface area contributed by atoms with Gasteiger partial charge >= 0.3 is 0 Å². The van der Waals surface area contributed by atoms with Crippen LogP contribution >= 0.6 is 11.6 Å². The number of carbonyl (C=O) groups is 1. The smallest absolute Gasteiger partial charge is 0.245 e. The molecule has 0 radical (unpaired) electrons. The molecule has 1 aromatic carbocycles. The summed E-state index contributed by atoms with van der Waals surface area (Å²) in [5, 5.41) is 3.43. The Balaban J connectivity index is 1.87. The lowest BCUT2D eigenvalue weighted by molar-refractivity contribution is -0.116. The quantitative estimate of drug-likeness (QED) is 0.895. The van der Waals surface area contributed by atoms with Crippen LogP contribution in [-0.2, 0) is 9.53 Å². The van der Waals surface area contributed by atoms with Crippen molar-refractivity contribution in [3.63, 3.8) is 0 Å². The molecule has 0 aromatic heterocycles. The molecule has 1 aromatic rings. The zero-order valence-electron chi connectivity index (χ0n) is 12.1. The molecule has 3 rings (SSSR count). The molecule has 2 heterocycles. The number of rotatable bonds is 4. The molecule has 1 saturated heterocycles. The van der Waals surface area contributed by atoms with E-state index in [0.29, 0.717) is 5.02 Å². The third-order valence-electron chi connectivity index (χ3n) is 4.16.